The molecule has 0 heterocycles. The van der Waals surface area contributed by atoms with Crippen molar-refractivity contribution in [3.63, 3.8) is 0 Å². The van der Waals surface area contributed by atoms with E-state index in [-0.39, 0.29) is 18.2 Å². The summed E-state index contributed by atoms with van der Waals surface area (Å²) in [5.74, 6) is -1.07. The summed E-state index contributed by atoms with van der Waals surface area (Å²) in [6.07, 6.45) is 2.02. The molecule has 1 rings (SSSR count). The molecule has 0 spiro atoms. The van der Waals surface area contributed by atoms with Gasteiger partial charge in [0.25, 0.3) is 5.91 Å². The van der Waals surface area contributed by atoms with Crippen LogP contribution in [0, 0.1) is 12.8 Å². The van der Waals surface area contributed by atoms with Crippen molar-refractivity contribution in [1.82, 2.24) is 5.32 Å². The quantitative estimate of drug-likeness (QED) is 0.786. The Hall–Kier alpha value is -1.49. The number of aliphatic carboxylic acids is 1. The number of benzene rings is 1. The molecular weight excluding hydrogens is 262 g/mol. The van der Waals surface area contributed by atoms with Gasteiger partial charge in [0.1, 0.15) is 0 Å². The van der Waals surface area contributed by atoms with Crippen LogP contribution in [-0.2, 0) is 4.79 Å². The molecule has 0 saturated heterocycles. The van der Waals surface area contributed by atoms with Crippen molar-refractivity contribution in [2.45, 2.75) is 25.2 Å². The van der Waals surface area contributed by atoms with Gasteiger partial charge in [-0.15, -0.1) is 11.8 Å². The monoisotopic (exact) mass is 281 g/mol. The molecule has 0 aliphatic heterocycles. The lowest BCUT2D eigenvalue weighted by Crippen LogP contribution is -2.29. The van der Waals surface area contributed by atoms with E-state index >= 15 is 0 Å². The lowest BCUT2D eigenvalue weighted by Gasteiger charge is -2.12. The van der Waals surface area contributed by atoms with E-state index in [9.17, 15) is 9.59 Å². The topological polar surface area (TPSA) is 66.4 Å². The number of carboxylic acid groups (broad SMARTS) is 1. The number of carboxylic acids is 1. The zero-order chi connectivity index (χ0) is 14.4. The van der Waals surface area contributed by atoms with Crippen molar-refractivity contribution in [2.75, 3.05) is 12.8 Å². The van der Waals surface area contributed by atoms with Crippen LogP contribution in [0.2, 0.25) is 0 Å². The van der Waals surface area contributed by atoms with Gasteiger partial charge < -0.3 is 10.4 Å². The lowest BCUT2D eigenvalue weighted by molar-refractivity contribution is -0.137. The summed E-state index contributed by atoms with van der Waals surface area (Å²) in [6, 6.07) is 5.75. The lowest BCUT2D eigenvalue weighted by atomic mass is 10.1. The molecular formula is C14H19NO3S. The highest BCUT2D eigenvalue weighted by Crippen LogP contribution is 2.19. The fourth-order valence-corrected chi connectivity index (χ4v) is 2.14. The average molecular weight is 281 g/mol. The van der Waals surface area contributed by atoms with Crippen molar-refractivity contribution >= 4 is 23.6 Å². The molecule has 1 atom stereocenters. The minimum atomic E-state index is -0.845. The molecule has 2 N–H and O–H groups in total. The second kappa shape index (κ2) is 7.19. The number of carbonyl (C=O) groups is 2. The van der Waals surface area contributed by atoms with E-state index in [0.29, 0.717) is 12.1 Å². The number of nitrogens with one attached hydrogen (secondary N) is 1. The summed E-state index contributed by atoms with van der Waals surface area (Å²) in [4.78, 5) is 23.6. The van der Waals surface area contributed by atoms with Crippen molar-refractivity contribution in [3.8, 4) is 0 Å². The second-order valence-corrected chi connectivity index (χ2v) is 5.47. The normalized spacial score (nSPS) is 11.9. The van der Waals surface area contributed by atoms with Gasteiger partial charge in [-0.1, -0.05) is 13.0 Å². The van der Waals surface area contributed by atoms with Gasteiger partial charge in [-0.3, -0.25) is 9.59 Å². The van der Waals surface area contributed by atoms with Gasteiger partial charge in [0.15, 0.2) is 0 Å². The van der Waals surface area contributed by atoms with Crippen molar-refractivity contribution in [1.29, 1.82) is 0 Å². The maximum atomic E-state index is 12.1. The van der Waals surface area contributed by atoms with E-state index in [4.69, 9.17) is 5.11 Å². The Bertz CT molecular complexity index is 474. The maximum absolute atomic E-state index is 12.1. The van der Waals surface area contributed by atoms with Gasteiger partial charge in [-0.05, 0) is 36.8 Å². The highest BCUT2D eigenvalue weighted by molar-refractivity contribution is 7.98. The van der Waals surface area contributed by atoms with Crippen molar-refractivity contribution in [2.24, 2.45) is 5.92 Å². The van der Waals surface area contributed by atoms with Gasteiger partial charge in [0.05, 0.1) is 0 Å². The number of rotatable bonds is 6. The molecule has 0 saturated carbocycles. The number of thioether (sulfide) groups is 1. The Morgan fingerprint density at radius 3 is 2.68 bits per heavy atom. The van der Waals surface area contributed by atoms with Crippen LogP contribution < -0.4 is 5.32 Å². The molecule has 104 valence electrons. The second-order valence-electron chi connectivity index (χ2n) is 4.59. The van der Waals surface area contributed by atoms with Crippen LogP contribution in [0.5, 0.6) is 0 Å². The van der Waals surface area contributed by atoms with E-state index in [1.165, 1.54) is 0 Å². The summed E-state index contributed by atoms with van der Waals surface area (Å²) in [5, 5.41) is 11.4. The molecule has 19 heavy (non-hydrogen) atoms. The fourth-order valence-electron chi connectivity index (χ4n) is 1.71. The molecule has 1 aromatic rings. The first-order valence-electron chi connectivity index (χ1n) is 6.08. The third kappa shape index (κ3) is 4.95. The Labute approximate surface area is 117 Å². The van der Waals surface area contributed by atoms with E-state index in [2.05, 4.69) is 5.32 Å². The smallest absolute Gasteiger partial charge is 0.303 e. The molecule has 0 aliphatic rings. The Kier molecular flexibility index (Phi) is 5.89. The van der Waals surface area contributed by atoms with Crippen LogP contribution in [0.25, 0.3) is 0 Å². The van der Waals surface area contributed by atoms with Gasteiger partial charge in [0.2, 0.25) is 0 Å². The van der Waals surface area contributed by atoms with Gasteiger partial charge in [-0.25, -0.2) is 0 Å². The van der Waals surface area contributed by atoms with Crippen LogP contribution in [-0.4, -0.2) is 29.8 Å². The highest BCUT2D eigenvalue weighted by atomic mass is 32.2. The SMILES string of the molecule is CSc1ccc(C)c(C(=O)NCC(C)CC(=O)O)c1. The number of amides is 1. The Morgan fingerprint density at radius 1 is 1.42 bits per heavy atom. The number of aryl methyl sites for hydroxylation is 1. The van der Waals surface area contributed by atoms with E-state index in [1.807, 2.05) is 31.4 Å². The highest BCUT2D eigenvalue weighted by Gasteiger charge is 2.12. The molecule has 1 amide bonds. The molecule has 5 heteroatoms. The first kappa shape index (κ1) is 15.6. The molecule has 1 aromatic carbocycles. The molecule has 0 aliphatic carbocycles. The summed E-state index contributed by atoms with van der Waals surface area (Å²) in [6.45, 7) is 4.06. The molecule has 0 bridgehead atoms. The predicted octanol–water partition coefficient (Wildman–Crippen LogP) is 2.56. The number of carbonyl (C=O) groups excluding carboxylic acids is 1. The summed E-state index contributed by atoms with van der Waals surface area (Å²) < 4.78 is 0. The fraction of sp³-hybridized carbons (Fsp3) is 0.429. The Morgan fingerprint density at radius 2 is 2.11 bits per heavy atom. The van der Waals surface area contributed by atoms with Crippen molar-refractivity contribution < 1.29 is 14.7 Å². The van der Waals surface area contributed by atoms with E-state index in [0.717, 1.165) is 10.5 Å². The van der Waals surface area contributed by atoms with Crippen LogP contribution in [0.4, 0.5) is 0 Å². The molecule has 4 nitrogen and oxygen atoms in total. The van der Waals surface area contributed by atoms with E-state index < -0.39 is 5.97 Å². The van der Waals surface area contributed by atoms with Gasteiger partial charge >= 0.3 is 5.97 Å². The molecule has 0 radical (unpaired) electrons. The standard InChI is InChI=1S/C14H19NO3S/c1-9(6-13(16)17)8-15-14(18)12-7-11(19-3)5-4-10(12)2/h4-5,7,9H,6,8H2,1-3H3,(H,15,18)(H,16,17). The number of hydrogen-bond acceptors (Lipinski definition) is 3. The van der Waals surface area contributed by atoms with Gasteiger partial charge in [0, 0.05) is 23.4 Å². The first-order valence-corrected chi connectivity index (χ1v) is 7.31. The third-order valence-corrected chi connectivity index (χ3v) is 3.55. The summed E-state index contributed by atoms with van der Waals surface area (Å²) in [5.41, 5.74) is 1.57. The minimum Gasteiger partial charge on any atom is -0.481 e. The minimum absolute atomic E-state index is 0.0596. The van der Waals surface area contributed by atoms with Crippen LogP contribution in [0.1, 0.15) is 29.3 Å². The predicted molar refractivity (Wildman–Crippen MR) is 76.7 cm³/mol. The number of hydrogen-bond donors (Lipinski definition) is 2. The Balaban J connectivity index is 2.65. The third-order valence-electron chi connectivity index (χ3n) is 2.82. The van der Waals surface area contributed by atoms with Crippen LogP contribution in [0.15, 0.2) is 23.1 Å². The van der Waals surface area contributed by atoms with E-state index in [1.54, 1.807) is 18.7 Å². The molecule has 0 fully saturated rings. The van der Waals surface area contributed by atoms with Crippen molar-refractivity contribution in [3.05, 3.63) is 29.3 Å². The zero-order valence-electron chi connectivity index (χ0n) is 11.4. The van der Waals surface area contributed by atoms with Crippen LogP contribution >= 0.6 is 11.8 Å². The van der Waals surface area contributed by atoms with Crippen LogP contribution in [0.3, 0.4) is 0 Å². The largest absolute Gasteiger partial charge is 0.481 e. The average Bonchev–Trinajstić information content (AvgIpc) is 2.35. The first-order chi connectivity index (χ1) is 8.93. The summed E-state index contributed by atoms with van der Waals surface area (Å²) >= 11 is 1.58. The summed E-state index contributed by atoms with van der Waals surface area (Å²) in [7, 11) is 0. The maximum Gasteiger partial charge on any atom is 0.303 e. The molecule has 0 aromatic heterocycles. The zero-order valence-corrected chi connectivity index (χ0v) is 12.2. The molecule has 1 unspecified atom stereocenters. The van der Waals surface area contributed by atoms with Gasteiger partial charge in [-0.2, -0.15) is 0 Å².